The first kappa shape index (κ1) is 28.2. The highest BCUT2D eigenvalue weighted by Gasteiger charge is 2.40. The molecule has 0 unspecified atom stereocenters. The van der Waals surface area contributed by atoms with Gasteiger partial charge in [-0.15, -0.1) is 0 Å². The van der Waals surface area contributed by atoms with E-state index in [4.69, 9.17) is 40.9 Å². The van der Waals surface area contributed by atoms with Crippen LogP contribution in [0.25, 0.3) is 0 Å². The molecule has 0 radical (unpaired) electrons. The van der Waals surface area contributed by atoms with Crippen molar-refractivity contribution in [2.75, 3.05) is 0 Å². The average Bonchev–Trinajstić information content (AvgIpc) is 2.76. The van der Waals surface area contributed by atoms with Gasteiger partial charge >= 0.3 is 47.8 Å². The maximum atomic E-state index is 11.2. The molecule has 2 rings (SSSR count). The van der Waals surface area contributed by atoms with Crippen molar-refractivity contribution in [3.63, 3.8) is 0 Å². The molecule has 16 heteroatoms. The fourth-order valence-electron chi connectivity index (χ4n) is 2.89. The molecule has 0 bridgehead atoms. The van der Waals surface area contributed by atoms with Crippen LogP contribution < -0.4 is 0 Å². The van der Waals surface area contributed by atoms with Gasteiger partial charge in [0.2, 0.25) is 0 Å². The van der Waals surface area contributed by atoms with Gasteiger partial charge in [0, 0.05) is 0 Å². The second-order valence-corrected chi connectivity index (χ2v) is 6.24. The molecular weight excluding hydrogens is 496 g/mol. The molecule has 36 heavy (non-hydrogen) atoms. The van der Waals surface area contributed by atoms with Crippen LogP contribution in [0, 0.1) is 0 Å². The second-order valence-electron chi connectivity index (χ2n) is 6.24. The summed E-state index contributed by atoms with van der Waals surface area (Å²) in [4.78, 5) is 88.3. The Balaban J connectivity index is 0.000000450. The SMILES string of the molecule is O=C(O)c1c(C(=O)O)c(C(=O)O)c(C(=O)O)c(C(=O)O)c1C(=O)O.O=C(O)c1ccccc1C(=O)O. The quantitative estimate of drug-likeness (QED) is 0.246. The van der Waals surface area contributed by atoms with E-state index in [2.05, 4.69) is 0 Å². The number of rotatable bonds is 8. The summed E-state index contributed by atoms with van der Waals surface area (Å²) in [5.41, 5.74) is -10.3. The summed E-state index contributed by atoms with van der Waals surface area (Å²) < 4.78 is 0. The molecule has 188 valence electrons. The molecule has 0 aromatic heterocycles. The van der Waals surface area contributed by atoms with Gasteiger partial charge in [-0.3, -0.25) is 0 Å². The van der Waals surface area contributed by atoms with Crippen LogP contribution in [0.15, 0.2) is 24.3 Å². The summed E-state index contributed by atoms with van der Waals surface area (Å²) in [6.45, 7) is 0. The minimum absolute atomic E-state index is 0.190. The second kappa shape index (κ2) is 10.9. The third-order valence-electron chi connectivity index (χ3n) is 4.17. The molecule has 0 atom stereocenters. The van der Waals surface area contributed by atoms with Crippen molar-refractivity contribution in [2.45, 2.75) is 0 Å². The zero-order valence-electron chi connectivity index (χ0n) is 17.2. The molecule has 8 N–H and O–H groups in total. The Hall–Kier alpha value is -5.80. The van der Waals surface area contributed by atoms with Gasteiger partial charge in [-0.1, -0.05) is 12.1 Å². The van der Waals surface area contributed by atoms with E-state index >= 15 is 0 Å². The molecule has 0 aliphatic rings. The van der Waals surface area contributed by atoms with Crippen molar-refractivity contribution < 1.29 is 79.2 Å². The van der Waals surface area contributed by atoms with E-state index < -0.39 is 81.1 Å². The maximum Gasteiger partial charge on any atom is 0.337 e. The Morgan fingerprint density at radius 2 is 0.500 bits per heavy atom. The Morgan fingerprint density at radius 1 is 0.333 bits per heavy atom. The lowest BCUT2D eigenvalue weighted by atomic mass is 9.86. The fourth-order valence-corrected chi connectivity index (χ4v) is 2.89. The van der Waals surface area contributed by atoms with Crippen LogP contribution in [0.2, 0.25) is 0 Å². The topological polar surface area (TPSA) is 298 Å². The van der Waals surface area contributed by atoms with Gasteiger partial charge in [0.05, 0.1) is 44.5 Å². The highest BCUT2D eigenvalue weighted by molar-refractivity contribution is 6.22. The van der Waals surface area contributed by atoms with Crippen molar-refractivity contribution in [2.24, 2.45) is 0 Å². The smallest absolute Gasteiger partial charge is 0.337 e. The normalized spacial score (nSPS) is 9.78. The molecule has 0 saturated heterocycles. The highest BCUT2D eigenvalue weighted by atomic mass is 16.4. The van der Waals surface area contributed by atoms with Gasteiger partial charge in [0.25, 0.3) is 0 Å². The number of carbonyl (C=O) groups is 8. The zero-order valence-corrected chi connectivity index (χ0v) is 17.2. The molecule has 0 spiro atoms. The molecule has 2 aromatic carbocycles. The van der Waals surface area contributed by atoms with Crippen molar-refractivity contribution in [1.82, 2.24) is 0 Å². The number of aromatic carboxylic acids is 8. The van der Waals surface area contributed by atoms with E-state index in [1.165, 1.54) is 24.3 Å². The van der Waals surface area contributed by atoms with Crippen LogP contribution in [0.4, 0.5) is 0 Å². The first-order valence-electron chi connectivity index (χ1n) is 8.75. The van der Waals surface area contributed by atoms with E-state index in [9.17, 15) is 38.4 Å². The van der Waals surface area contributed by atoms with Crippen molar-refractivity contribution in [1.29, 1.82) is 0 Å². The monoisotopic (exact) mass is 508 g/mol. The van der Waals surface area contributed by atoms with Crippen LogP contribution in [-0.4, -0.2) is 88.6 Å². The summed E-state index contributed by atoms with van der Waals surface area (Å²) in [5.74, 6) is -16.0. The molecule has 16 nitrogen and oxygen atoms in total. The molecule has 0 saturated carbocycles. The standard InChI is InChI=1S/C12H6O12.C8H6O4/c13-7(14)1-2(8(15)16)4(10(19)20)6(12(23)24)5(11(21)22)3(1)9(17)18;9-7(10)5-3-1-2-4-6(5)8(11)12/h(H,13,14)(H,15,16)(H,17,18)(H,19,20)(H,21,22)(H,23,24);1-4H,(H,9,10)(H,11,12). The predicted molar refractivity (Wildman–Crippen MR) is 109 cm³/mol. The average molecular weight is 508 g/mol. The van der Waals surface area contributed by atoms with E-state index in [1.807, 2.05) is 0 Å². The maximum absolute atomic E-state index is 11.2. The van der Waals surface area contributed by atoms with E-state index in [-0.39, 0.29) is 11.1 Å². The highest BCUT2D eigenvalue weighted by Crippen LogP contribution is 2.30. The summed E-state index contributed by atoms with van der Waals surface area (Å²) >= 11 is 0. The van der Waals surface area contributed by atoms with E-state index in [0.29, 0.717) is 0 Å². The molecule has 0 aliphatic heterocycles. The largest absolute Gasteiger partial charge is 0.478 e. The minimum atomic E-state index is -2.26. The van der Waals surface area contributed by atoms with Crippen molar-refractivity contribution in [3.05, 3.63) is 68.8 Å². The Bertz CT molecular complexity index is 1120. The van der Waals surface area contributed by atoms with Gasteiger partial charge in [-0.05, 0) is 12.1 Å². The third kappa shape index (κ3) is 5.57. The van der Waals surface area contributed by atoms with E-state index in [0.717, 1.165) is 0 Å². The van der Waals surface area contributed by atoms with Gasteiger partial charge in [-0.25, -0.2) is 38.4 Å². The first-order chi connectivity index (χ1) is 16.6. The number of hydrogen-bond acceptors (Lipinski definition) is 8. The van der Waals surface area contributed by atoms with Crippen LogP contribution >= 0.6 is 0 Å². The summed E-state index contributed by atoms with van der Waals surface area (Å²) in [7, 11) is 0. The predicted octanol–water partition coefficient (Wildman–Crippen LogP) is 0.959. The minimum Gasteiger partial charge on any atom is -0.478 e. The molecule has 0 aliphatic carbocycles. The molecule has 0 fully saturated rings. The summed E-state index contributed by atoms with van der Waals surface area (Å²) in [5, 5.41) is 71.3. The molecule has 0 heterocycles. The Labute approximate surface area is 196 Å². The Morgan fingerprint density at radius 3 is 0.611 bits per heavy atom. The molecule has 2 aromatic rings. The number of benzene rings is 2. The van der Waals surface area contributed by atoms with Gasteiger partial charge in [0.1, 0.15) is 0 Å². The van der Waals surface area contributed by atoms with Gasteiger partial charge in [0.15, 0.2) is 0 Å². The van der Waals surface area contributed by atoms with Crippen LogP contribution in [0.5, 0.6) is 0 Å². The van der Waals surface area contributed by atoms with Crippen molar-refractivity contribution in [3.8, 4) is 0 Å². The lowest BCUT2D eigenvalue weighted by Crippen LogP contribution is -2.27. The zero-order chi connectivity index (χ0) is 28.1. The third-order valence-corrected chi connectivity index (χ3v) is 4.17. The lowest BCUT2D eigenvalue weighted by Gasteiger charge is -2.15. The number of carboxylic acid groups (broad SMARTS) is 8. The molecular formula is C20H12O16. The van der Waals surface area contributed by atoms with Crippen LogP contribution in [0.3, 0.4) is 0 Å². The van der Waals surface area contributed by atoms with Crippen molar-refractivity contribution >= 4 is 47.8 Å². The first-order valence-corrected chi connectivity index (χ1v) is 8.75. The molecule has 0 amide bonds. The summed E-state index contributed by atoms with van der Waals surface area (Å²) in [6, 6.07) is 5.48. The van der Waals surface area contributed by atoms with Gasteiger partial charge < -0.3 is 40.9 Å². The lowest BCUT2D eigenvalue weighted by molar-refractivity contribution is 0.0592. The summed E-state index contributed by atoms with van der Waals surface area (Å²) in [6.07, 6.45) is 0. The number of hydrogen-bond donors (Lipinski definition) is 8. The van der Waals surface area contributed by atoms with Crippen LogP contribution in [0.1, 0.15) is 82.9 Å². The van der Waals surface area contributed by atoms with Gasteiger partial charge in [-0.2, -0.15) is 0 Å². The Kier molecular flexibility index (Phi) is 8.53. The fraction of sp³-hybridized carbons (Fsp3) is 0. The number of carboxylic acids is 8. The van der Waals surface area contributed by atoms with E-state index in [1.54, 1.807) is 0 Å². The van der Waals surface area contributed by atoms with Crippen LogP contribution in [-0.2, 0) is 0 Å².